The van der Waals surface area contributed by atoms with Gasteiger partial charge in [0, 0.05) is 32.7 Å². The van der Waals surface area contributed by atoms with Crippen molar-refractivity contribution in [2.45, 2.75) is 25.7 Å². The van der Waals surface area contributed by atoms with Gasteiger partial charge in [0.2, 0.25) is 11.8 Å². The summed E-state index contributed by atoms with van der Waals surface area (Å²) in [6, 6.07) is 13.0. The predicted octanol–water partition coefficient (Wildman–Crippen LogP) is 2.68. The summed E-state index contributed by atoms with van der Waals surface area (Å²) in [5.74, 6) is -0.985. The van der Waals surface area contributed by atoms with Crippen molar-refractivity contribution in [2.24, 2.45) is 0 Å². The van der Waals surface area contributed by atoms with Crippen molar-refractivity contribution in [3.63, 3.8) is 0 Å². The van der Waals surface area contributed by atoms with E-state index in [-0.39, 0.29) is 12.2 Å². The van der Waals surface area contributed by atoms with Crippen molar-refractivity contribution in [3.8, 4) is 0 Å². The molecule has 2 aromatic carbocycles. The maximum Gasteiger partial charge on any atom is 0.418 e. The number of hydrogen-bond donors (Lipinski definition) is 3. The molecule has 1 aliphatic heterocycles. The summed E-state index contributed by atoms with van der Waals surface area (Å²) in [6.07, 6.45) is -4.56. The van der Waals surface area contributed by atoms with E-state index in [1.807, 2.05) is 35.2 Å². The fraction of sp³-hybridized carbons (Fsp3) is 0.375. The SMILES string of the molecule is CC(C(=O)NC(=O)NCc1ccccc1)N1CCN(CC(=O)Nc2ccccc2C(F)(F)F)CC1. The Morgan fingerprint density at radius 1 is 0.943 bits per heavy atom. The molecule has 0 bridgehead atoms. The topological polar surface area (TPSA) is 93.8 Å². The molecule has 0 aliphatic carbocycles. The molecule has 0 spiro atoms. The van der Waals surface area contributed by atoms with E-state index < -0.39 is 35.6 Å². The number of piperazine rings is 1. The number of benzene rings is 2. The van der Waals surface area contributed by atoms with Gasteiger partial charge in [-0.05, 0) is 24.6 Å². The molecule has 35 heavy (non-hydrogen) atoms. The summed E-state index contributed by atoms with van der Waals surface area (Å²) in [5.41, 5.74) is -0.268. The number of rotatable bonds is 7. The molecule has 0 saturated carbocycles. The molecule has 11 heteroatoms. The third-order valence-electron chi connectivity index (χ3n) is 5.74. The third kappa shape index (κ3) is 7.79. The first kappa shape index (κ1) is 26.2. The Morgan fingerprint density at radius 3 is 2.23 bits per heavy atom. The van der Waals surface area contributed by atoms with Gasteiger partial charge in [0.05, 0.1) is 23.8 Å². The smallest absolute Gasteiger partial charge is 0.334 e. The van der Waals surface area contributed by atoms with E-state index in [2.05, 4.69) is 16.0 Å². The first-order valence-electron chi connectivity index (χ1n) is 11.2. The normalized spacial score (nSPS) is 15.8. The van der Waals surface area contributed by atoms with Crippen LogP contribution in [0.1, 0.15) is 18.1 Å². The van der Waals surface area contributed by atoms with Gasteiger partial charge in [0.15, 0.2) is 0 Å². The first-order chi connectivity index (χ1) is 16.6. The van der Waals surface area contributed by atoms with Crippen LogP contribution in [-0.4, -0.2) is 66.4 Å². The fourth-order valence-electron chi connectivity index (χ4n) is 3.75. The molecule has 188 valence electrons. The summed E-state index contributed by atoms with van der Waals surface area (Å²) in [7, 11) is 0. The zero-order chi connectivity index (χ0) is 25.4. The van der Waals surface area contributed by atoms with Crippen molar-refractivity contribution in [3.05, 3.63) is 65.7 Å². The number of nitrogens with one attached hydrogen (secondary N) is 3. The monoisotopic (exact) mass is 491 g/mol. The van der Waals surface area contributed by atoms with Crippen molar-refractivity contribution >= 4 is 23.5 Å². The average molecular weight is 492 g/mol. The second-order valence-electron chi connectivity index (χ2n) is 8.24. The second kappa shape index (κ2) is 11.8. The Bertz CT molecular complexity index is 1020. The quantitative estimate of drug-likeness (QED) is 0.554. The zero-order valence-corrected chi connectivity index (χ0v) is 19.3. The molecular weight excluding hydrogens is 463 g/mol. The van der Waals surface area contributed by atoms with Crippen LogP contribution in [-0.2, 0) is 22.3 Å². The summed E-state index contributed by atoms with van der Waals surface area (Å²) < 4.78 is 39.3. The van der Waals surface area contributed by atoms with E-state index in [1.54, 1.807) is 11.8 Å². The number of imide groups is 1. The fourth-order valence-corrected chi connectivity index (χ4v) is 3.75. The molecular formula is C24H28F3N5O3. The molecule has 0 aromatic heterocycles. The number of amides is 4. The molecule has 1 heterocycles. The number of alkyl halides is 3. The standard InChI is InChI=1S/C24H28F3N5O3/c1-17(22(34)30-23(35)28-15-18-7-3-2-4-8-18)32-13-11-31(12-14-32)16-21(33)29-20-10-6-5-9-19(20)24(25,26)27/h2-10,17H,11-16H2,1H3,(H,29,33)(H2,28,30,34,35). The Balaban J connectivity index is 1.41. The lowest BCUT2D eigenvalue weighted by molar-refractivity contribution is -0.137. The molecule has 1 fully saturated rings. The van der Waals surface area contributed by atoms with Crippen LogP contribution in [0.25, 0.3) is 0 Å². The molecule has 3 N–H and O–H groups in total. The van der Waals surface area contributed by atoms with Crippen LogP contribution in [0.2, 0.25) is 0 Å². The van der Waals surface area contributed by atoms with E-state index >= 15 is 0 Å². The van der Waals surface area contributed by atoms with E-state index in [0.29, 0.717) is 32.7 Å². The van der Waals surface area contributed by atoms with E-state index in [4.69, 9.17) is 0 Å². The highest BCUT2D eigenvalue weighted by molar-refractivity contribution is 5.96. The van der Waals surface area contributed by atoms with Crippen molar-refractivity contribution in [2.75, 3.05) is 38.0 Å². The van der Waals surface area contributed by atoms with Gasteiger partial charge in [-0.25, -0.2) is 4.79 Å². The molecule has 1 atom stereocenters. The number of halogens is 3. The van der Waals surface area contributed by atoms with Gasteiger partial charge in [0.1, 0.15) is 0 Å². The highest BCUT2D eigenvalue weighted by Crippen LogP contribution is 2.34. The number of carbonyl (C=O) groups excluding carboxylic acids is 3. The van der Waals surface area contributed by atoms with Crippen LogP contribution < -0.4 is 16.0 Å². The van der Waals surface area contributed by atoms with Gasteiger partial charge in [-0.1, -0.05) is 42.5 Å². The average Bonchev–Trinajstić information content (AvgIpc) is 2.83. The number of urea groups is 1. The molecule has 1 unspecified atom stereocenters. The maximum atomic E-state index is 13.1. The third-order valence-corrected chi connectivity index (χ3v) is 5.74. The predicted molar refractivity (Wildman–Crippen MR) is 124 cm³/mol. The van der Waals surface area contributed by atoms with Gasteiger partial charge in [-0.3, -0.25) is 24.7 Å². The molecule has 1 aliphatic rings. The molecule has 1 saturated heterocycles. The van der Waals surface area contributed by atoms with Gasteiger partial charge in [-0.15, -0.1) is 0 Å². The van der Waals surface area contributed by atoms with Crippen LogP contribution in [0.15, 0.2) is 54.6 Å². The van der Waals surface area contributed by atoms with Gasteiger partial charge < -0.3 is 10.6 Å². The number of para-hydroxylation sites is 1. The lowest BCUT2D eigenvalue weighted by Crippen LogP contribution is -2.56. The van der Waals surface area contributed by atoms with Crippen LogP contribution in [0.3, 0.4) is 0 Å². The molecule has 0 radical (unpaired) electrons. The van der Waals surface area contributed by atoms with Gasteiger partial charge in [-0.2, -0.15) is 13.2 Å². The summed E-state index contributed by atoms with van der Waals surface area (Å²) in [4.78, 5) is 40.5. The number of hydrogen-bond acceptors (Lipinski definition) is 5. The van der Waals surface area contributed by atoms with Gasteiger partial charge >= 0.3 is 12.2 Å². The van der Waals surface area contributed by atoms with E-state index in [1.165, 1.54) is 18.2 Å². The summed E-state index contributed by atoms with van der Waals surface area (Å²) >= 11 is 0. The zero-order valence-electron chi connectivity index (χ0n) is 19.3. The lowest BCUT2D eigenvalue weighted by Gasteiger charge is -2.37. The lowest BCUT2D eigenvalue weighted by atomic mass is 10.1. The van der Waals surface area contributed by atoms with Gasteiger partial charge in [0.25, 0.3) is 0 Å². The number of carbonyl (C=O) groups is 3. The van der Waals surface area contributed by atoms with Crippen LogP contribution >= 0.6 is 0 Å². The van der Waals surface area contributed by atoms with Crippen molar-refractivity contribution in [1.29, 1.82) is 0 Å². The largest absolute Gasteiger partial charge is 0.418 e. The Hall–Kier alpha value is -3.44. The minimum Gasteiger partial charge on any atom is -0.334 e. The van der Waals surface area contributed by atoms with Crippen molar-refractivity contribution < 1.29 is 27.6 Å². The summed E-state index contributed by atoms with van der Waals surface area (Å²) in [6.45, 7) is 3.75. The number of anilines is 1. The van der Waals surface area contributed by atoms with E-state index in [9.17, 15) is 27.6 Å². The second-order valence-corrected chi connectivity index (χ2v) is 8.24. The highest BCUT2D eigenvalue weighted by Gasteiger charge is 2.34. The van der Waals surface area contributed by atoms with Crippen LogP contribution in [0.5, 0.6) is 0 Å². The molecule has 3 rings (SSSR count). The van der Waals surface area contributed by atoms with Crippen LogP contribution in [0, 0.1) is 0 Å². The van der Waals surface area contributed by atoms with Crippen molar-refractivity contribution in [1.82, 2.24) is 20.4 Å². The molecule has 8 nitrogen and oxygen atoms in total. The minimum absolute atomic E-state index is 0.0670. The Labute approximate surface area is 201 Å². The Kier molecular flexibility index (Phi) is 8.83. The van der Waals surface area contributed by atoms with E-state index in [0.717, 1.165) is 11.6 Å². The molecule has 4 amide bonds. The summed E-state index contributed by atoms with van der Waals surface area (Å²) in [5, 5.41) is 7.31. The van der Waals surface area contributed by atoms with Crippen LogP contribution in [0.4, 0.5) is 23.7 Å². The number of nitrogens with zero attached hydrogens (tertiary/aromatic N) is 2. The minimum atomic E-state index is -4.56. The first-order valence-corrected chi connectivity index (χ1v) is 11.2. The highest BCUT2D eigenvalue weighted by atomic mass is 19.4. The Morgan fingerprint density at radius 2 is 1.57 bits per heavy atom. The maximum absolute atomic E-state index is 13.1. The molecule has 2 aromatic rings.